The number of H-pyrrole nitrogens is 1. The van der Waals surface area contributed by atoms with Gasteiger partial charge in [0.25, 0.3) is 0 Å². The molecule has 0 amide bonds. The highest BCUT2D eigenvalue weighted by Crippen LogP contribution is 2.27. The Morgan fingerprint density at radius 3 is 2.76 bits per heavy atom. The average molecular weight is 232 g/mol. The number of rotatable bonds is 3. The highest BCUT2D eigenvalue weighted by Gasteiger charge is 2.13. The minimum atomic E-state index is -0.494. The van der Waals surface area contributed by atoms with Gasteiger partial charge in [-0.25, -0.2) is 9.78 Å². The first-order chi connectivity index (χ1) is 8.26. The smallest absolute Gasteiger partial charge is 0.374 e. The van der Waals surface area contributed by atoms with Crippen LogP contribution in [0.15, 0.2) is 30.5 Å². The number of aromatic amines is 1. The number of aromatic nitrogens is 2. The zero-order valence-corrected chi connectivity index (χ0v) is 9.56. The van der Waals surface area contributed by atoms with Crippen LogP contribution >= 0.6 is 0 Å². The number of esters is 1. The molecule has 0 saturated heterocycles. The van der Waals surface area contributed by atoms with E-state index in [4.69, 9.17) is 4.74 Å². The van der Waals surface area contributed by atoms with Gasteiger partial charge < -0.3 is 14.5 Å². The number of imidazole rings is 1. The Bertz CT molecular complexity index is 534. The number of ether oxygens (including phenoxy) is 2. The maximum Gasteiger partial charge on any atom is 0.374 e. The van der Waals surface area contributed by atoms with Gasteiger partial charge in [-0.15, -0.1) is 0 Å². The molecule has 5 nitrogen and oxygen atoms in total. The van der Waals surface area contributed by atoms with Crippen LogP contribution < -0.4 is 4.74 Å². The van der Waals surface area contributed by atoms with Gasteiger partial charge in [-0.2, -0.15) is 0 Å². The van der Waals surface area contributed by atoms with Crippen LogP contribution in [0.3, 0.4) is 0 Å². The molecule has 2 rings (SSSR count). The SMILES string of the molecule is COC(=O)c1ncc(-c2ccccc2OC)[nH]1. The summed E-state index contributed by atoms with van der Waals surface area (Å²) in [7, 11) is 2.91. The number of carbonyl (C=O) groups is 1. The lowest BCUT2D eigenvalue weighted by atomic mass is 10.1. The number of carbonyl (C=O) groups excluding carboxylic acids is 1. The summed E-state index contributed by atoms with van der Waals surface area (Å²) in [6.45, 7) is 0. The lowest BCUT2D eigenvalue weighted by molar-refractivity contribution is 0.0588. The molecular weight excluding hydrogens is 220 g/mol. The summed E-state index contributed by atoms with van der Waals surface area (Å²) >= 11 is 0. The van der Waals surface area contributed by atoms with Crippen LogP contribution in [-0.2, 0) is 4.74 Å². The third-order valence-electron chi connectivity index (χ3n) is 2.35. The van der Waals surface area contributed by atoms with Crippen molar-refractivity contribution in [1.82, 2.24) is 9.97 Å². The first-order valence-electron chi connectivity index (χ1n) is 5.03. The van der Waals surface area contributed by atoms with Gasteiger partial charge in [-0.05, 0) is 12.1 Å². The molecule has 0 saturated carbocycles. The molecule has 0 atom stereocenters. The third kappa shape index (κ3) is 2.13. The van der Waals surface area contributed by atoms with Crippen molar-refractivity contribution in [2.75, 3.05) is 14.2 Å². The Hall–Kier alpha value is -2.30. The molecule has 1 aromatic carbocycles. The summed E-state index contributed by atoms with van der Waals surface area (Å²) in [5, 5.41) is 0. The lowest BCUT2D eigenvalue weighted by Gasteiger charge is -2.05. The van der Waals surface area contributed by atoms with Crippen molar-refractivity contribution in [2.45, 2.75) is 0 Å². The molecule has 0 bridgehead atoms. The number of nitrogens with zero attached hydrogens (tertiary/aromatic N) is 1. The Morgan fingerprint density at radius 1 is 1.29 bits per heavy atom. The molecule has 0 unspecified atom stereocenters. The molecule has 1 N–H and O–H groups in total. The van der Waals surface area contributed by atoms with E-state index in [2.05, 4.69) is 14.7 Å². The van der Waals surface area contributed by atoms with Crippen LogP contribution in [0.1, 0.15) is 10.6 Å². The van der Waals surface area contributed by atoms with Crippen molar-refractivity contribution in [2.24, 2.45) is 0 Å². The van der Waals surface area contributed by atoms with Gasteiger partial charge in [0.15, 0.2) is 0 Å². The van der Waals surface area contributed by atoms with Gasteiger partial charge in [-0.1, -0.05) is 12.1 Å². The molecule has 0 spiro atoms. The predicted octanol–water partition coefficient (Wildman–Crippen LogP) is 1.87. The van der Waals surface area contributed by atoms with E-state index in [-0.39, 0.29) is 5.82 Å². The van der Waals surface area contributed by atoms with E-state index < -0.39 is 5.97 Å². The molecule has 0 aliphatic heterocycles. The van der Waals surface area contributed by atoms with Crippen LogP contribution in [-0.4, -0.2) is 30.2 Å². The topological polar surface area (TPSA) is 64.2 Å². The Labute approximate surface area is 98.4 Å². The molecular formula is C12H12N2O3. The summed E-state index contributed by atoms with van der Waals surface area (Å²) in [6.07, 6.45) is 1.57. The minimum absolute atomic E-state index is 0.174. The first kappa shape index (κ1) is 11.2. The van der Waals surface area contributed by atoms with Gasteiger partial charge in [-0.3, -0.25) is 0 Å². The molecule has 1 heterocycles. The minimum Gasteiger partial charge on any atom is -0.496 e. The Kier molecular flexibility index (Phi) is 3.09. The molecule has 0 radical (unpaired) electrons. The molecule has 1 aromatic heterocycles. The van der Waals surface area contributed by atoms with E-state index in [9.17, 15) is 4.79 Å². The Balaban J connectivity index is 2.40. The van der Waals surface area contributed by atoms with Crippen LogP contribution in [0.2, 0.25) is 0 Å². The third-order valence-corrected chi connectivity index (χ3v) is 2.35. The number of para-hydroxylation sites is 1. The van der Waals surface area contributed by atoms with Crippen LogP contribution in [0.5, 0.6) is 5.75 Å². The zero-order chi connectivity index (χ0) is 12.3. The average Bonchev–Trinajstić information content (AvgIpc) is 2.87. The molecule has 0 aliphatic rings. The fourth-order valence-electron chi connectivity index (χ4n) is 1.53. The Morgan fingerprint density at radius 2 is 2.06 bits per heavy atom. The molecule has 2 aromatic rings. The molecule has 0 aliphatic carbocycles. The highest BCUT2D eigenvalue weighted by molar-refractivity contribution is 5.86. The van der Waals surface area contributed by atoms with Gasteiger partial charge >= 0.3 is 5.97 Å². The van der Waals surface area contributed by atoms with Crippen molar-refractivity contribution in [3.05, 3.63) is 36.3 Å². The summed E-state index contributed by atoms with van der Waals surface area (Å²) < 4.78 is 9.81. The highest BCUT2D eigenvalue weighted by atomic mass is 16.5. The fraction of sp³-hybridized carbons (Fsp3) is 0.167. The second kappa shape index (κ2) is 4.69. The normalized spacial score (nSPS) is 10.0. The largest absolute Gasteiger partial charge is 0.496 e. The number of methoxy groups -OCH3 is 2. The van der Waals surface area contributed by atoms with Crippen molar-refractivity contribution in [3.8, 4) is 17.0 Å². The molecule has 0 fully saturated rings. The number of hydrogen-bond acceptors (Lipinski definition) is 4. The van der Waals surface area contributed by atoms with Crippen molar-refractivity contribution in [1.29, 1.82) is 0 Å². The standard InChI is InChI=1S/C12H12N2O3/c1-16-10-6-4-3-5-8(10)9-7-13-11(14-9)12(15)17-2/h3-7H,1-2H3,(H,13,14). The van der Waals surface area contributed by atoms with Crippen LogP contribution in [0.25, 0.3) is 11.3 Å². The van der Waals surface area contributed by atoms with E-state index in [0.717, 1.165) is 5.56 Å². The van der Waals surface area contributed by atoms with Crippen LogP contribution in [0.4, 0.5) is 0 Å². The van der Waals surface area contributed by atoms with Crippen molar-refractivity contribution < 1.29 is 14.3 Å². The van der Waals surface area contributed by atoms with Gasteiger partial charge in [0.1, 0.15) is 5.75 Å². The zero-order valence-electron chi connectivity index (χ0n) is 9.56. The monoisotopic (exact) mass is 232 g/mol. The maximum atomic E-state index is 11.3. The second-order valence-corrected chi connectivity index (χ2v) is 3.34. The lowest BCUT2D eigenvalue weighted by Crippen LogP contribution is -2.03. The summed E-state index contributed by atoms with van der Waals surface area (Å²) in [6, 6.07) is 7.48. The van der Waals surface area contributed by atoms with Gasteiger partial charge in [0.05, 0.1) is 26.1 Å². The maximum absolute atomic E-state index is 11.3. The van der Waals surface area contributed by atoms with Gasteiger partial charge in [0, 0.05) is 5.56 Å². The molecule has 17 heavy (non-hydrogen) atoms. The summed E-state index contributed by atoms with van der Waals surface area (Å²) in [4.78, 5) is 18.1. The van der Waals surface area contributed by atoms with Gasteiger partial charge in [0.2, 0.25) is 5.82 Å². The van der Waals surface area contributed by atoms with Crippen molar-refractivity contribution in [3.63, 3.8) is 0 Å². The fourth-order valence-corrected chi connectivity index (χ4v) is 1.53. The first-order valence-corrected chi connectivity index (χ1v) is 5.03. The summed E-state index contributed by atoms with van der Waals surface area (Å²) in [5.41, 5.74) is 1.56. The molecule has 5 heteroatoms. The predicted molar refractivity (Wildman–Crippen MR) is 61.9 cm³/mol. The van der Waals surface area contributed by atoms with Crippen molar-refractivity contribution >= 4 is 5.97 Å². The van der Waals surface area contributed by atoms with Crippen LogP contribution in [0, 0.1) is 0 Å². The van der Waals surface area contributed by atoms with E-state index in [1.54, 1.807) is 13.3 Å². The van der Waals surface area contributed by atoms with E-state index >= 15 is 0 Å². The number of hydrogen-bond donors (Lipinski definition) is 1. The van der Waals surface area contributed by atoms with E-state index in [1.807, 2.05) is 24.3 Å². The van der Waals surface area contributed by atoms with E-state index in [0.29, 0.717) is 11.4 Å². The second-order valence-electron chi connectivity index (χ2n) is 3.34. The number of benzene rings is 1. The number of nitrogens with one attached hydrogen (secondary N) is 1. The summed E-state index contributed by atoms with van der Waals surface area (Å²) in [5.74, 6) is 0.395. The van der Waals surface area contributed by atoms with E-state index in [1.165, 1.54) is 7.11 Å². The quantitative estimate of drug-likeness (QED) is 0.820. The molecule has 88 valence electrons.